The molecule has 2 saturated heterocycles. The highest BCUT2D eigenvalue weighted by Crippen LogP contribution is 2.56. The van der Waals surface area contributed by atoms with E-state index in [0.29, 0.717) is 13.2 Å². The van der Waals surface area contributed by atoms with Crippen molar-refractivity contribution in [3.05, 3.63) is 108 Å². The number of fused-ring (bicyclic) bond motifs is 6. The highest BCUT2D eigenvalue weighted by atomic mass is 33.1. The number of carbonyl (C=O) groups is 2. The molecule has 2 unspecified atom stereocenters. The number of ether oxygens (including phenoxy) is 2. The van der Waals surface area contributed by atoms with Crippen LogP contribution in [0.25, 0.3) is 12.2 Å². The minimum Gasteiger partial charge on any atom is -0.372 e. The first-order chi connectivity index (χ1) is 30.1. The average molecular weight is 909 g/mol. The van der Waals surface area contributed by atoms with E-state index in [1.807, 2.05) is 26.2 Å². The first-order valence-corrected chi connectivity index (χ1v) is 25.6. The van der Waals surface area contributed by atoms with Gasteiger partial charge in [0.25, 0.3) is 0 Å². The third-order valence-electron chi connectivity index (χ3n) is 12.0. The number of benzene rings is 4. The van der Waals surface area contributed by atoms with Crippen LogP contribution >= 0.6 is 45.1 Å². The highest BCUT2D eigenvalue weighted by Gasteiger charge is 2.49. The third-order valence-corrected chi connectivity index (χ3v) is 16.7. The standard InChI is InChI=1S/C48H56N6O4S4/c1-7-51(8-2)37-15-11-35(12-16-37)23-25-47-53(27-29-57-47)41-31-39(19-21-43(41)61-47)49(5)45(55)33-59-60-34-46(56)50(6)40-20-22-44-42(32-40)54-28-30-58-48(54,62-44)26-24-36-13-17-38(18-14-36)52(9-3)10-4/h11-26,31-32H,7-10,27-30,33-34H2,1-6H3/b25-23+,26-24+. The van der Waals surface area contributed by atoms with Gasteiger partial charge in [0.2, 0.25) is 21.9 Å². The van der Waals surface area contributed by atoms with Gasteiger partial charge in [0.1, 0.15) is 0 Å². The fourth-order valence-corrected chi connectivity index (χ4v) is 12.8. The van der Waals surface area contributed by atoms with Crippen LogP contribution in [0, 0.1) is 0 Å². The predicted octanol–water partition coefficient (Wildman–Crippen LogP) is 10.0. The molecule has 0 N–H and O–H groups in total. The molecule has 0 spiro atoms. The van der Waals surface area contributed by atoms with E-state index in [1.54, 1.807) is 33.3 Å². The fourth-order valence-electron chi connectivity index (χ4n) is 8.30. The van der Waals surface area contributed by atoms with Crippen LogP contribution in [0.15, 0.2) is 107 Å². The summed E-state index contributed by atoms with van der Waals surface area (Å²) in [6.07, 6.45) is 8.59. The van der Waals surface area contributed by atoms with E-state index >= 15 is 0 Å². The molecule has 0 radical (unpaired) electrons. The van der Waals surface area contributed by atoms with E-state index in [4.69, 9.17) is 9.47 Å². The molecule has 2 amide bonds. The summed E-state index contributed by atoms with van der Waals surface area (Å²) in [5.41, 5.74) is 8.51. The topological polar surface area (TPSA) is 72.0 Å². The van der Waals surface area contributed by atoms with Crippen molar-refractivity contribution in [2.45, 2.75) is 47.6 Å². The molecular formula is C48H56N6O4S4. The summed E-state index contributed by atoms with van der Waals surface area (Å²) >= 11 is 3.40. The van der Waals surface area contributed by atoms with Gasteiger partial charge in [0.15, 0.2) is 0 Å². The second kappa shape index (κ2) is 19.3. The van der Waals surface area contributed by atoms with Gasteiger partial charge in [-0.25, -0.2) is 0 Å². The van der Waals surface area contributed by atoms with Crippen molar-refractivity contribution in [2.75, 3.05) is 107 Å². The largest absolute Gasteiger partial charge is 0.372 e. The van der Waals surface area contributed by atoms with Gasteiger partial charge >= 0.3 is 0 Å². The van der Waals surface area contributed by atoms with E-state index in [-0.39, 0.29) is 23.3 Å². The molecule has 4 heterocycles. The van der Waals surface area contributed by atoms with Gasteiger partial charge in [-0.05, 0) is 112 Å². The van der Waals surface area contributed by atoms with Crippen LogP contribution in [0.1, 0.15) is 38.8 Å². The summed E-state index contributed by atoms with van der Waals surface area (Å²) < 4.78 is 12.8. The third kappa shape index (κ3) is 8.96. The normalized spacial score (nSPS) is 19.8. The summed E-state index contributed by atoms with van der Waals surface area (Å²) in [5.74, 6) is 0.446. The number of nitrogens with zero attached hydrogens (tertiary/aromatic N) is 6. The molecule has 4 aromatic rings. The maximum absolute atomic E-state index is 13.4. The Morgan fingerprint density at radius 2 is 0.968 bits per heavy atom. The Kier molecular flexibility index (Phi) is 13.8. The van der Waals surface area contributed by atoms with Gasteiger partial charge in [-0.3, -0.25) is 9.59 Å². The molecule has 0 bridgehead atoms. The fraction of sp³-hybridized carbons (Fsp3) is 0.375. The zero-order chi connectivity index (χ0) is 43.4. The van der Waals surface area contributed by atoms with Crippen molar-refractivity contribution in [3.63, 3.8) is 0 Å². The number of hydrogen-bond acceptors (Lipinski definition) is 12. The van der Waals surface area contributed by atoms with E-state index in [0.717, 1.165) is 82.9 Å². The molecule has 0 saturated carbocycles. The van der Waals surface area contributed by atoms with Gasteiger partial charge in [0.05, 0.1) is 36.1 Å². The van der Waals surface area contributed by atoms with Crippen LogP contribution in [0.2, 0.25) is 0 Å². The molecule has 2 fully saturated rings. The Labute approximate surface area is 383 Å². The monoisotopic (exact) mass is 908 g/mol. The van der Waals surface area contributed by atoms with Crippen LogP contribution in [0.4, 0.5) is 34.1 Å². The van der Waals surface area contributed by atoms with E-state index < -0.39 is 10.1 Å². The predicted molar refractivity (Wildman–Crippen MR) is 266 cm³/mol. The van der Waals surface area contributed by atoms with Crippen LogP contribution in [-0.2, 0) is 19.1 Å². The van der Waals surface area contributed by atoms with Crippen LogP contribution in [-0.4, -0.2) is 100 Å². The average Bonchev–Trinajstić information content (AvgIpc) is 4.05. The van der Waals surface area contributed by atoms with Gasteiger partial charge in [0, 0.05) is 85.9 Å². The van der Waals surface area contributed by atoms with Gasteiger partial charge in [-0.2, -0.15) is 0 Å². The number of hydrogen-bond donors (Lipinski definition) is 0. The summed E-state index contributed by atoms with van der Waals surface area (Å²) in [6, 6.07) is 29.7. The van der Waals surface area contributed by atoms with Crippen LogP contribution < -0.4 is 29.4 Å². The number of rotatable bonds is 17. The molecular weight excluding hydrogens is 853 g/mol. The van der Waals surface area contributed by atoms with Crippen molar-refractivity contribution in [1.82, 2.24) is 0 Å². The summed E-state index contributed by atoms with van der Waals surface area (Å²) in [6.45, 7) is 15.4. The molecule has 62 heavy (non-hydrogen) atoms. The molecule has 14 heteroatoms. The molecule has 8 rings (SSSR count). The Bertz CT molecular complexity index is 2140. The number of carbonyl (C=O) groups excluding carboxylic acids is 2. The Hall–Kier alpha value is -4.18. The van der Waals surface area contributed by atoms with Crippen molar-refractivity contribution in [1.29, 1.82) is 0 Å². The molecule has 0 aliphatic carbocycles. The second-order valence-electron chi connectivity index (χ2n) is 15.4. The number of amides is 2. The zero-order valence-electron chi connectivity index (χ0n) is 36.4. The minimum absolute atomic E-state index is 0.0241. The lowest BCUT2D eigenvalue weighted by atomic mass is 10.1. The lowest BCUT2D eigenvalue weighted by molar-refractivity contribution is -0.116. The summed E-state index contributed by atoms with van der Waals surface area (Å²) in [7, 11) is 6.45. The molecule has 326 valence electrons. The van der Waals surface area contributed by atoms with Crippen molar-refractivity contribution in [2.24, 2.45) is 0 Å². The lowest BCUT2D eigenvalue weighted by Gasteiger charge is -2.28. The first kappa shape index (κ1) is 44.4. The summed E-state index contributed by atoms with van der Waals surface area (Å²) in [5, 5.41) is -1.23. The van der Waals surface area contributed by atoms with Crippen LogP contribution in [0.5, 0.6) is 0 Å². The Morgan fingerprint density at radius 3 is 1.34 bits per heavy atom. The molecule has 0 aromatic heterocycles. The molecule has 10 nitrogen and oxygen atoms in total. The number of thioether (sulfide) groups is 2. The Balaban J connectivity index is 0.830. The maximum Gasteiger partial charge on any atom is 0.237 e. The van der Waals surface area contributed by atoms with Crippen LogP contribution in [0.3, 0.4) is 0 Å². The summed E-state index contributed by atoms with van der Waals surface area (Å²) in [4.78, 5) is 41.8. The first-order valence-electron chi connectivity index (χ1n) is 21.5. The smallest absolute Gasteiger partial charge is 0.237 e. The van der Waals surface area contributed by atoms with Crippen molar-refractivity contribution >= 4 is 103 Å². The Morgan fingerprint density at radius 1 is 0.597 bits per heavy atom. The second-order valence-corrected chi connectivity index (χ2v) is 20.3. The lowest BCUT2D eigenvalue weighted by Crippen LogP contribution is -2.36. The van der Waals surface area contributed by atoms with Crippen molar-refractivity contribution < 1.29 is 19.1 Å². The van der Waals surface area contributed by atoms with Gasteiger partial charge in [-0.1, -0.05) is 81.5 Å². The highest BCUT2D eigenvalue weighted by molar-refractivity contribution is 8.77. The minimum atomic E-state index is -0.615. The molecule has 4 aliphatic heterocycles. The van der Waals surface area contributed by atoms with Crippen molar-refractivity contribution in [3.8, 4) is 0 Å². The van der Waals surface area contributed by atoms with E-state index in [2.05, 4.69) is 144 Å². The zero-order valence-corrected chi connectivity index (χ0v) is 39.7. The molecule has 4 aliphatic rings. The van der Waals surface area contributed by atoms with Gasteiger partial charge in [-0.15, -0.1) is 0 Å². The molecule has 4 aromatic carbocycles. The molecule has 2 atom stereocenters. The maximum atomic E-state index is 13.4. The quantitative estimate of drug-likeness (QED) is 0.0749. The van der Waals surface area contributed by atoms with E-state index in [9.17, 15) is 9.59 Å². The van der Waals surface area contributed by atoms with E-state index in [1.165, 1.54) is 33.0 Å². The van der Waals surface area contributed by atoms with Gasteiger partial charge < -0.3 is 38.9 Å². The SMILES string of the molecule is CCN(CC)c1ccc(/C=C/C23OCCN2c2cc(N(C)C(=O)CSSCC(=O)N(C)c4ccc5c(c4)N4CCOC4(/C=C/c4ccc(N(CC)CC)cc4)S5)ccc2S3)cc1. The number of anilines is 6.